The van der Waals surface area contributed by atoms with Gasteiger partial charge >= 0.3 is 12.1 Å². The van der Waals surface area contributed by atoms with Crippen LogP contribution in [-0.2, 0) is 20.9 Å². The fourth-order valence-electron chi connectivity index (χ4n) is 4.81. The van der Waals surface area contributed by atoms with Crippen LogP contribution >= 0.6 is 0 Å². The Morgan fingerprint density at radius 2 is 1.53 bits per heavy atom. The Hall–Kier alpha value is -3.63. The van der Waals surface area contributed by atoms with E-state index < -0.39 is 36.0 Å². The van der Waals surface area contributed by atoms with E-state index in [1.165, 1.54) is 7.11 Å². The van der Waals surface area contributed by atoms with E-state index in [-0.39, 0.29) is 37.1 Å². The van der Waals surface area contributed by atoms with E-state index >= 15 is 0 Å². The van der Waals surface area contributed by atoms with Gasteiger partial charge in [-0.25, -0.2) is 4.79 Å². The van der Waals surface area contributed by atoms with Gasteiger partial charge in [0, 0.05) is 31.6 Å². The molecule has 4 atom stereocenters. The molecule has 0 heterocycles. The molecule has 0 saturated carbocycles. The highest BCUT2D eigenvalue weighted by atomic mass is 16.5. The zero-order valence-corrected chi connectivity index (χ0v) is 26.1. The first-order valence-electron chi connectivity index (χ1n) is 14.7. The molecule has 2 aromatic carbocycles. The topological polar surface area (TPSA) is 141 Å². The van der Waals surface area contributed by atoms with Crippen molar-refractivity contribution in [3.8, 4) is 11.5 Å². The molecule has 0 aliphatic rings. The van der Waals surface area contributed by atoms with Gasteiger partial charge in [0.2, 0.25) is 0 Å². The maximum absolute atomic E-state index is 13.9. The third-order valence-electron chi connectivity index (χ3n) is 7.45. The number of aliphatic hydroxyl groups excluding tert-OH is 1. The van der Waals surface area contributed by atoms with Gasteiger partial charge in [0.1, 0.15) is 6.61 Å². The number of hydrogen-bond donors (Lipinski definition) is 3. The summed E-state index contributed by atoms with van der Waals surface area (Å²) in [5.41, 5.74) is 1.18. The molecule has 238 valence electrons. The van der Waals surface area contributed by atoms with Crippen molar-refractivity contribution in [3.63, 3.8) is 0 Å². The summed E-state index contributed by atoms with van der Waals surface area (Å²) in [6, 6.07) is 13.2. The fraction of sp³-hybridized carbons (Fsp3) is 0.545. The number of aliphatic hydroxyl groups is 1. The van der Waals surface area contributed by atoms with Crippen molar-refractivity contribution in [2.24, 2.45) is 23.7 Å². The molecule has 2 rings (SSSR count). The van der Waals surface area contributed by atoms with Crippen LogP contribution in [0, 0.1) is 23.7 Å². The molecule has 10 nitrogen and oxygen atoms in total. The average molecular weight is 602 g/mol. The molecule has 1 unspecified atom stereocenters. The molecule has 1 amide bonds. The zero-order chi connectivity index (χ0) is 31.9. The maximum atomic E-state index is 13.9. The Bertz CT molecular complexity index is 1150. The normalized spacial score (nSPS) is 14.1. The second-order valence-electron chi connectivity index (χ2n) is 11.3. The molecule has 43 heavy (non-hydrogen) atoms. The van der Waals surface area contributed by atoms with Crippen LogP contribution in [0.3, 0.4) is 0 Å². The molecule has 0 aromatic heterocycles. The van der Waals surface area contributed by atoms with Gasteiger partial charge < -0.3 is 34.5 Å². The number of ether oxygens (including phenoxy) is 4. The van der Waals surface area contributed by atoms with Crippen molar-refractivity contribution in [1.29, 1.82) is 0 Å². The van der Waals surface area contributed by atoms with Crippen molar-refractivity contribution < 1.29 is 43.5 Å². The van der Waals surface area contributed by atoms with Gasteiger partial charge in [-0.15, -0.1) is 0 Å². The summed E-state index contributed by atoms with van der Waals surface area (Å²) in [5.74, 6) is -2.20. The number of carboxylic acids is 1. The lowest BCUT2D eigenvalue weighted by atomic mass is 9.80. The summed E-state index contributed by atoms with van der Waals surface area (Å²) in [5, 5.41) is 23.7. The van der Waals surface area contributed by atoms with Crippen molar-refractivity contribution in [3.05, 3.63) is 59.7 Å². The molecule has 0 aliphatic carbocycles. The number of amides is 1. The first-order chi connectivity index (χ1) is 20.5. The number of ketones is 1. The van der Waals surface area contributed by atoms with Crippen molar-refractivity contribution in [2.45, 2.75) is 65.7 Å². The quantitative estimate of drug-likeness (QED) is 0.143. The van der Waals surface area contributed by atoms with Gasteiger partial charge in [0.25, 0.3) is 0 Å². The van der Waals surface area contributed by atoms with Crippen LogP contribution < -0.4 is 14.8 Å². The highest BCUT2D eigenvalue weighted by Gasteiger charge is 2.35. The Morgan fingerprint density at radius 1 is 0.860 bits per heavy atom. The van der Waals surface area contributed by atoms with Crippen LogP contribution in [0.2, 0.25) is 0 Å². The molecule has 0 radical (unpaired) electrons. The lowest BCUT2D eigenvalue weighted by Gasteiger charge is -2.31. The van der Waals surface area contributed by atoms with Crippen molar-refractivity contribution in [1.82, 2.24) is 5.32 Å². The molecular weight excluding hydrogens is 554 g/mol. The number of methoxy groups -OCH3 is 2. The zero-order valence-electron chi connectivity index (χ0n) is 26.1. The predicted molar refractivity (Wildman–Crippen MR) is 162 cm³/mol. The minimum Gasteiger partial charge on any atom is -0.493 e. The van der Waals surface area contributed by atoms with Crippen LogP contribution in [0.1, 0.15) is 62.9 Å². The first kappa shape index (κ1) is 35.6. The molecule has 3 N–H and O–H groups in total. The smallest absolute Gasteiger partial charge is 0.407 e. The third kappa shape index (κ3) is 11.5. The van der Waals surface area contributed by atoms with E-state index in [0.717, 1.165) is 5.56 Å². The highest BCUT2D eigenvalue weighted by molar-refractivity contribution is 5.98. The van der Waals surface area contributed by atoms with Gasteiger partial charge in [-0.2, -0.15) is 0 Å². The Balaban J connectivity index is 2.30. The summed E-state index contributed by atoms with van der Waals surface area (Å²) in [6.45, 7) is 8.23. The molecule has 10 heteroatoms. The Morgan fingerprint density at radius 3 is 2.12 bits per heavy atom. The molecule has 0 spiro atoms. The van der Waals surface area contributed by atoms with Crippen molar-refractivity contribution in [2.75, 3.05) is 27.4 Å². The monoisotopic (exact) mass is 601 g/mol. The summed E-state index contributed by atoms with van der Waals surface area (Å²) in [7, 11) is 3.13. The number of carbonyl (C=O) groups excluding carboxylic acids is 2. The van der Waals surface area contributed by atoms with Crippen molar-refractivity contribution >= 4 is 17.8 Å². The van der Waals surface area contributed by atoms with Crippen LogP contribution in [0.5, 0.6) is 11.5 Å². The molecular formula is C33H47NO9. The van der Waals surface area contributed by atoms with Gasteiger partial charge in [-0.05, 0) is 48.4 Å². The molecule has 2 aromatic rings. The summed E-state index contributed by atoms with van der Waals surface area (Å²) in [6.07, 6.45) is -1.38. The Labute approximate surface area is 254 Å². The first-order valence-corrected chi connectivity index (χ1v) is 14.7. The van der Waals surface area contributed by atoms with E-state index in [2.05, 4.69) is 5.32 Å². The van der Waals surface area contributed by atoms with Crippen LogP contribution in [0.25, 0.3) is 0 Å². The minimum absolute atomic E-state index is 0.0186. The SMILES string of the molecule is COCCCOc1cc(C(=O)[C@@H](CC(NC(=O)OCc2ccccc2)[C@@H](O)C[C@H](C(=O)O)C(C)C)C(C)C)ccc1OC. The lowest BCUT2D eigenvalue weighted by molar-refractivity contribution is -0.144. The van der Waals surface area contributed by atoms with Crippen LogP contribution in [0.4, 0.5) is 4.79 Å². The molecule has 0 aliphatic heterocycles. The highest BCUT2D eigenvalue weighted by Crippen LogP contribution is 2.32. The van der Waals surface area contributed by atoms with Crippen LogP contribution in [-0.4, -0.2) is 67.6 Å². The summed E-state index contributed by atoms with van der Waals surface area (Å²) < 4.78 is 21.7. The van der Waals surface area contributed by atoms with E-state index in [1.807, 2.05) is 44.2 Å². The second-order valence-corrected chi connectivity index (χ2v) is 11.3. The lowest BCUT2D eigenvalue weighted by Crippen LogP contribution is -2.47. The van der Waals surface area contributed by atoms with E-state index in [9.17, 15) is 24.6 Å². The van der Waals surface area contributed by atoms with E-state index in [0.29, 0.717) is 36.7 Å². The summed E-state index contributed by atoms with van der Waals surface area (Å²) in [4.78, 5) is 38.6. The third-order valence-corrected chi connectivity index (χ3v) is 7.45. The fourth-order valence-corrected chi connectivity index (χ4v) is 4.81. The number of nitrogens with one attached hydrogen (secondary N) is 1. The van der Waals surface area contributed by atoms with Gasteiger partial charge in [-0.1, -0.05) is 58.0 Å². The maximum Gasteiger partial charge on any atom is 0.407 e. The standard InChI is InChI=1S/C33H47NO9/c1-21(2)25(31(36)24-13-14-29(41-6)30(17-24)42-16-10-15-40-5)18-27(28(35)19-26(22(3)4)32(37)38)34-33(39)43-20-23-11-8-7-9-12-23/h7-9,11-14,17,21-22,25-28,35H,10,15-16,18-20H2,1-6H3,(H,34,39)(H,37,38)/t25-,26-,27?,28-/m0/s1. The average Bonchev–Trinajstić information content (AvgIpc) is 2.98. The van der Waals surface area contributed by atoms with Crippen LogP contribution in [0.15, 0.2) is 48.5 Å². The molecule has 0 fully saturated rings. The van der Waals surface area contributed by atoms with E-state index in [4.69, 9.17) is 18.9 Å². The number of benzene rings is 2. The number of carboxylic acid groups (broad SMARTS) is 1. The largest absolute Gasteiger partial charge is 0.493 e. The number of alkyl carbamates (subject to hydrolysis) is 1. The van der Waals surface area contributed by atoms with Gasteiger partial charge in [0.05, 0.1) is 31.8 Å². The van der Waals surface area contributed by atoms with Gasteiger partial charge in [0.15, 0.2) is 17.3 Å². The number of hydrogen-bond acceptors (Lipinski definition) is 8. The molecule has 0 saturated heterocycles. The second kappa shape index (κ2) is 18.1. The summed E-state index contributed by atoms with van der Waals surface area (Å²) >= 11 is 0. The van der Waals surface area contributed by atoms with E-state index in [1.54, 1.807) is 39.2 Å². The predicted octanol–water partition coefficient (Wildman–Crippen LogP) is 5.36. The Kier molecular flexibility index (Phi) is 15.0. The minimum atomic E-state index is -1.24. The number of rotatable bonds is 19. The number of Topliss-reactive ketones (excluding diaryl/α,β-unsaturated/α-hetero) is 1. The van der Waals surface area contributed by atoms with Gasteiger partial charge in [-0.3, -0.25) is 9.59 Å². The molecule has 0 bridgehead atoms. The number of aliphatic carboxylic acids is 1. The number of carbonyl (C=O) groups is 3.